The highest BCUT2D eigenvalue weighted by molar-refractivity contribution is 7.90. The maximum atomic E-state index is 13.4. The predicted molar refractivity (Wildman–Crippen MR) is 145 cm³/mol. The van der Waals surface area contributed by atoms with E-state index in [-0.39, 0.29) is 22.6 Å². The molecule has 0 bridgehead atoms. The standard InChI is InChI=1S/C28H20ClN5O3S/c1-16-2-4-20(5-3-16)38(36,37)34-9-7-22-21(6-8-31-27(22)34)17-10-18-13-26(32-15-24(18)25(29)12-17)33-28(35)23-11-19(23)14-30/h2-10,12-13,15,19,23H,11H2,1H3,(H,32,33,35). The Hall–Kier alpha value is -4.26. The average molecular weight is 542 g/mol. The summed E-state index contributed by atoms with van der Waals surface area (Å²) in [4.78, 5) is 21.3. The van der Waals surface area contributed by atoms with E-state index < -0.39 is 10.0 Å². The number of nitrogens with one attached hydrogen (secondary N) is 1. The van der Waals surface area contributed by atoms with E-state index in [2.05, 4.69) is 21.4 Å². The van der Waals surface area contributed by atoms with Gasteiger partial charge < -0.3 is 5.32 Å². The molecule has 0 saturated heterocycles. The van der Waals surface area contributed by atoms with E-state index in [0.29, 0.717) is 33.7 Å². The van der Waals surface area contributed by atoms with Gasteiger partial charge in [0.1, 0.15) is 5.82 Å². The van der Waals surface area contributed by atoms with Crippen molar-refractivity contribution in [3.05, 3.63) is 83.8 Å². The molecule has 0 radical (unpaired) electrons. The second-order valence-electron chi connectivity index (χ2n) is 9.34. The van der Waals surface area contributed by atoms with E-state index in [4.69, 9.17) is 16.9 Å². The highest BCUT2D eigenvalue weighted by atomic mass is 35.5. The number of halogens is 1. The van der Waals surface area contributed by atoms with Crippen LogP contribution in [0.15, 0.2) is 78.1 Å². The van der Waals surface area contributed by atoms with Crippen molar-refractivity contribution in [3.8, 4) is 17.2 Å². The molecule has 1 fully saturated rings. The summed E-state index contributed by atoms with van der Waals surface area (Å²) in [5.41, 5.74) is 2.79. The summed E-state index contributed by atoms with van der Waals surface area (Å²) in [7, 11) is -3.85. The van der Waals surface area contributed by atoms with Crippen LogP contribution in [0.3, 0.4) is 0 Å². The number of hydrogen-bond donors (Lipinski definition) is 1. The van der Waals surface area contributed by atoms with Gasteiger partial charge in [0.25, 0.3) is 10.0 Å². The number of benzene rings is 2. The van der Waals surface area contributed by atoms with Crippen LogP contribution in [-0.2, 0) is 14.8 Å². The fourth-order valence-electron chi connectivity index (χ4n) is 4.57. The Morgan fingerprint density at radius 3 is 2.63 bits per heavy atom. The molecule has 0 spiro atoms. The molecule has 1 N–H and O–H groups in total. The summed E-state index contributed by atoms with van der Waals surface area (Å²) in [5, 5.41) is 14.3. The minimum atomic E-state index is -3.85. The number of aromatic nitrogens is 3. The molecule has 0 aliphatic heterocycles. The van der Waals surface area contributed by atoms with Gasteiger partial charge >= 0.3 is 0 Å². The number of carbonyl (C=O) groups excluding carboxylic acids is 1. The first-order valence-electron chi connectivity index (χ1n) is 11.8. The topological polar surface area (TPSA) is 118 Å². The van der Waals surface area contributed by atoms with Gasteiger partial charge in [0.2, 0.25) is 5.91 Å². The summed E-state index contributed by atoms with van der Waals surface area (Å²) in [5.74, 6) is -0.405. The van der Waals surface area contributed by atoms with Gasteiger partial charge in [-0.2, -0.15) is 5.26 Å². The van der Waals surface area contributed by atoms with E-state index in [0.717, 1.165) is 22.1 Å². The van der Waals surface area contributed by atoms with Gasteiger partial charge in [-0.05, 0) is 72.3 Å². The molecule has 38 heavy (non-hydrogen) atoms. The van der Waals surface area contributed by atoms with Gasteiger partial charge in [-0.25, -0.2) is 22.4 Å². The lowest BCUT2D eigenvalue weighted by molar-refractivity contribution is -0.117. The van der Waals surface area contributed by atoms with E-state index >= 15 is 0 Å². The third-order valence-corrected chi connectivity index (χ3v) is 8.77. The van der Waals surface area contributed by atoms with Gasteiger partial charge in [-0.1, -0.05) is 29.3 Å². The fraction of sp³-hybridized carbons (Fsp3) is 0.143. The number of rotatable bonds is 5. The predicted octanol–water partition coefficient (Wildman–Crippen LogP) is 5.55. The number of amides is 1. The van der Waals surface area contributed by atoms with Crippen molar-refractivity contribution in [3.63, 3.8) is 0 Å². The molecule has 2 unspecified atom stereocenters. The van der Waals surface area contributed by atoms with E-state index in [1.54, 1.807) is 54.9 Å². The number of anilines is 1. The molecule has 3 aromatic heterocycles. The van der Waals surface area contributed by atoms with Crippen molar-refractivity contribution in [2.75, 3.05) is 5.32 Å². The number of aryl methyl sites for hydroxylation is 1. The van der Waals surface area contributed by atoms with E-state index in [1.807, 2.05) is 19.1 Å². The van der Waals surface area contributed by atoms with Gasteiger partial charge in [-0.3, -0.25) is 4.79 Å². The van der Waals surface area contributed by atoms with Crippen LogP contribution >= 0.6 is 11.6 Å². The van der Waals surface area contributed by atoms with E-state index in [9.17, 15) is 13.2 Å². The van der Waals surface area contributed by atoms with Crippen LogP contribution in [-0.4, -0.2) is 28.3 Å². The monoisotopic (exact) mass is 541 g/mol. The minimum absolute atomic E-state index is 0.177. The molecule has 1 aliphatic carbocycles. The summed E-state index contributed by atoms with van der Waals surface area (Å²) >= 11 is 6.61. The maximum absolute atomic E-state index is 13.4. The summed E-state index contributed by atoms with van der Waals surface area (Å²) in [6, 6.07) is 17.8. The molecular formula is C28H20ClN5O3S. The molecule has 1 aliphatic rings. The summed E-state index contributed by atoms with van der Waals surface area (Å²) in [6.07, 6.45) is 5.22. The van der Waals surface area contributed by atoms with Crippen LogP contribution in [0.5, 0.6) is 0 Å². The zero-order valence-corrected chi connectivity index (χ0v) is 21.7. The third-order valence-electron chi connectivity index (χ3n) is 6.77. The molecule has 3 heterocycles. The Morgan fingerprint density at radius 2 is 1.89 bits per heavy atom. The SMILES string of the molecule is Cc1ccc(S(=O)(=O)n2ccc3c(-c4cc(Cl)c5cnc(NC(=O)C6CC6C#N)cc5c4)ccnc32)cc1. The Labute approximate surface area is 223 Å². The third kappa shape index (κ3) is 4.08. The summed E-state index contributed by atoms with van der Waals surface area (Å²) < 4.78 is 27.9. The lowest BCUT2D eigenvalue weighted by atomic mass is 10.0. The minimum Gasteiger partial charge on any atom is -0.310 e. The van der Waals surface area contributed by atoms with Crippen LogP contribution in [0.4, 0.5) is 5.82 Å². The van der Waals surface area contributed by atoms with Crippen LogP contribution in [0.2, 0.25) is 5.02 Å². The van der Waals surface area contributed by atoms with Crippen molar-refractivity contribution in [1.29, 1.82) is 5.26 Å². The molecule has 1 saturated carbocycles. The molecule has 5 aromatic rings. The van der Waals surface area contributed by atoms with Crippen molar-refractivity contribution in [2.24, 2.45) is 11.8 Å². The maximum Gasteiger partial charge on any atom is 0.269 e. The second kappa shape index (κ2) is 8.94. The first-order chi connectivity index (χ1) is 18.3. The molecule has 8 nitrogen and oxygen atoms in total. The highest BCUT2D eigenvalue weighted by Crippen LogP contribution is 2.39. The molecule has 1 amide bonds. The first kappa shape index (κ1) is 24.1. The summed E-state index contributed by atoms with van der Waals surface area (Å²) in [6.45, 7) is 1.90. The quantitative estimate of drug-likeness (QED) is 0.312. The Kier molecular flexibility index (Phi) is 5.67. The molecule has 188 valence electrons. The lowest BCUT2D eigenvalue weighted by Crippen LogP contribution is -2.15. The van der Waals surface area contributed by atoms with Crippen molar-refractivity contribution < 1.29 is 13.2 Å². The number of nitriles is 1. The van der Waals surface area contributed by atoms with Crippen molar-refractivity contribution in [1.82, 2.24) is 13.9 Å². The van der Waals surface area contributed by atoms with Gasteiger partial charge in [0.15, 0.2) is 5.65 Å². The fourth-order valence-corrected chi connectivity index (χ4v) is 6.14. The Bertz CT molecular complexity index is 1910. The van der Waals surface area contributed by atoms with Crippen LogP contribution < -0.4 is 5.32 Å². The zero-order chi connectivity index (χ0) is 26.6. The van der Waals surface area contributed by atoms with Crippen LogP contribution in [0, 0.1) is 30.1 Å². The first-order valence-corrected chi connectivity index (χ1v) is 13.7. The van der Waals surface area contributed by atoms with Crippen molar-refractivity contribution >= 4 is 55.2 Å². The lowest BCUT2D eigenvalue weighted by Gasteiger charge is -2.11. The molecule has 10 heteroatoms. The Morgan fingerprint density at radius 1 is 1.11 bits per heavy atom. The van der Waals surface area contributed by atoms with Gasteiger partial charge in [0.05, 0.1) is 27.8 Å². The molecule has 6 rings (SSSR count). The largest absolute Gasteiger partial charge is 0.310 e. The number of carbonyl (C=O) groups is 1. The van der Waals surface area contributed by atoms with Gasteiger partial charge in [-0.15, -0.1) is 0 Å². The molecule has 2 aromatic carbocycles. The zero-order valence-electron chi connectivity index (χ0n) is 20.1. The Balaban J connectivity index is 1.40. The van der Waals surface area contributed by atoms with Crippen LogP contribution in [0.1, 0.15) is 12.0 Å². The van der Waals surface area contributed by atoms with Crippen molar-refractivity contribution in [2.45, 2.75) is 18.2 Å². The van der Waals surface area contributed by atoms with Crippen LogP contribution in [0.25, 0.3) is 32.9 Å². The van der Waals surface area contributed by atoms with E-state index in [1.165, 1.54) is 10.2 Å². The highest BCUT2D eigenvalue weighted by Gasteiger charge is 2.43. The second-order valence-corrected chi connectivity index (χ2v) is 11.6. The molecule has 2 atom stereocenters. The normalized spacial score (nSPS) is 16.9. The number of pyridine rings is 2. The number of hydrogen-bond acceptors (Lipinski definition) is 6. The number of fused-ring (bicyclic) bond motifs is 2. The molecular weight excluding hydrogens is 522 g/mol. The number of nitrogens with zero attached hydrogens (tertiary/aromatic N) is 4. The van der Waals surface area contributed by atoms with Gasteiger partial charge in [0, 0.05) is 29.4 Å². The smallest absolute Gasteiger partial charge is 0.269 e. The average Bonchev–Trinajstić information content (AvgIpc) is 3.57.